The van der Waals surface area contributed by atoms with Crippen LogP contribution in [-0.4, -0.2) is 34.7 Å². The van der Waals surface area contributed by atoms with Gasteiger partial charge in [0.2, 0.25) is 12.5 Å². The van der Waals surface area contributed by atoms with Crippen LogP contribution in [0.3, 0.4) is 0 Å². The second-order valence-corrected chi connectivity index (χ2v) is 6.24. The molecule has 2 heterocycles. The molecule has 0 saturated heterocycles. The third-order valence-electron chi connectivity index (χ3n) is 4.90. The molecular formula is C20H22O6. The van der Waals surface area contributed by atoms with Crippen molar-refractivity contribution in [3.05, 3.63) is 29.3 Å². The van der Waals surface area contributed by atoms with Gasteiger partial charge in [-0.15, -0.1) is 0 Å². The number of benzene rings is 2. The molecule has 0 amide bonds. The summed E-state index contributed by atoms with van der Waals surface area (Å²) in [7, 11) is 4.88. The Morgan fingerprint density at radius 2 is 1.65 bits per heavy atom. The SMILES string of the molecule is COc1cc2c(c(OC)c1OC)-c1cc3c(cc1[C@@H](C)OCC2)OCO3. The molecule has 26 heavy (non-hydrogen) atoms. The molecular weight excluding hydrogens is 336 g/mol. The zero-order chi connectivity index (χ0) is 18.3. The molecule has 0 aliphatic carbocycles. The first-order valence-electron chi connectivity index (χ1n) is 8.55. The minimum absolute atomic E-state index is 0.0783. The Bertz CT molecular complexity index is 845. The largest absolute Gasteiger partial charge is 0.493 e. The Kier molecular flexibility index (Phi) is 4.28. The van der Waals surface area contributed by atoms with Crippen LogP contribution in [0.4, 0.5) is 0 Å². The van der Waals surface area contributed by atoms with Gasteiger partial charge in [-0.2, -0.15) is 0 Å². The third-order valence-corrected chi connectivity index (χ3v) is 4.90. The van der Waals surface area contributed by atoms with E-state index >= 15 is 0 Å². The lowest BCUT2D eigenvalue weighted by molar-refractivity contribution is 0.0674. The number of hydrogen-bond donors (Lipinski definition) is 0. The first kappa shape index (κ1) is 16.8. The zero-order valence-electron chi connectivity index (χ0n) is 15.4. The summed E-state index contributed by atoms with van der Waals surface area (Å²) in [6.07, 6.45) is 0.662. The molecule has 138 valence electrons. The lowest BCUT2D eigenvalue weighted by Crippen LogP contribution is -2.11. The van der Waals surface area contributed by atoms with Gasteiger partial charge in [0, 0.05) is 5.56 Å². The van der Waals surface area contributed by atoms with Gasteiger partial charge in [-0.1, -0.05) is 0 Å². The van der Waals surface area contributed by atoms with Crippen molar-refractivity contribution < 1.29 is 28.4 Å². The van der Waals surface area contributed by atoms with Crippen LogP contribution >= 0.6 is 0 Å². The quantitative estimate of drug-likeness (QED) is 0.833. The van der Waals surface area contributed by atoms with Crippen molar-refractivity contribution in [2.75, 3.05) is 34.7 Å². The summed E-state index contributed by atoms with van der Waals surface area (Å²) in [5.74, 6) is 3.32. The molecule has 0 bridgehead atoms. The van der Waals surface area contributed by atoms with E-state index in [0.29, 0.717) is 23.9 Å². The van der Waals surface area contributed by atoms with Crippen molar-refractivity contribution in [1.29, 1.82) is 0 Å². The van der Waals surface area contributed by atoms with Gasteiger partial charge in [-0.25, -0.2) is 0 Å². The minimum Gasteiger partial charge on any atom is -0.493 e. The predicted molar refractivity (Wildman–Crippen MR) is 95.7 cm³/mol. The molecule has 0 saturated carbocycles. The van der Waals surface area contributed by atoms with E-state index in [1.54, 1.807) is 21.3 Å². The van der Waals surface area contributed by atoms with Crippen LogP contribution in [0.5, 0.6) is 28.7 Å². The van der Waals surface area contributed by atoms with Crippen LogP contribution in [-0.2, 0) is 11.2 Å². The molecule has 2 aromatic carbocycles. The Morgan fingerprint density at radius 1 is 0.923 bits per heavy atom. The molecule has 0 fully saturated rings. The maximum absolute atomic E-state index is 6.02. The van der Waals surface area contributed by atoms with Gasteiger partial charge in [-0.3, -0.25) is 0 Å². The molecule has 1 atom stereocenters. The van der Waals surface area contributed by atoms with E-state index in [9.17, 15) is 0 Å². The van der Waals surface area contributed by atoms with E-state index in [1.165, 1.54) is 0 Å². The fourth-order valence-electron chi connectivity index (χ4n) is 3.65. The van der Waals surface area contributed by atoms with E-state index in [1.807, 2.05) is 25.1 Å². The molecule has 4 rings (SSSR count). The second-order valence-electron chi connectivity index (χ2n) is 6.24. The maximum atomic E-state index is 6.02. The van der Waals surface area contributed by atoms with E-state index in [-0.39, 0.29) is 12.9 Å². The number of rotatable bonds is 3. The average Bonchev–Trinajstić information content (AvgIpc) is 3.12. The summed E-state index contributed by atoms with van der Waals surface area (Å²) in [6, 6.07) is 5.98. The van der Waals surface area contributed by atoms with Crippen LogP contribution in [0.1, 0.15) is 24.2 Å². The fraction of sp³-hybridized carbons (Fsp3) is 0.400. The van der Waals surface area contributed by atoms with E-state index in [2.05, 4.69) is 0 Å². The van der Waals surface area contributed by atoms with E-state index in [4.69, 9.17) is 28.4 Å². The highest BCUT2D eigenvalue weighted by Gasteiger charge is 2.29. The van der Waals surface area contributed by atoms with Crippen LogP contribution in [0.2, 0.25) is 0 Å². The van der Waals surface area contributed by atoms with Crippen molar-refractivity contribution in [3.63, 3.8) is 0 Å². The first-order valence-corrected chi connectivity index (χ1v) is 8.55. The molecule has 2 aliphatic rings. The van der Waals surface area contributed by atoms with Gasteiger partial charge >= 0.3 is 0 Å². The van der Waals surface area contributed by atoms with Crippen LogP contribution in [0, 0.1) is 0 Å². The summed E-state index contributed by atoms with van der Waals surface area (Å²) in [5, 5.41) is 0. The molecule has 2 aromatic rings. The van der Waals surface area contributed by atoms with Crippen LogP contribution < -0.4 is 23.7 Å². The minimum atomic E-state index is -0.0783. The Balaban J connectivity index is 2.05. The summed E-state index contributed by atoms with van der Waals surface area (Å²) in [5.41, 5.74) is 4.08. The van der Waals surface area contributed by atoms with Crippen LogP contribution in [0.25, 0.3) is 11.1 Å². The average molecular weight is 358 g/mol. The Morgan fingerprint density at radius 3 is 2.35 bits per heavy atom. The van der Waals surface area contributed by atoms with Gasteiger partial charge in [0.1, 0.15) is 0 Å². The highest BCUT2D eigenvalue weighted by molar-refractivity contribution is 5.83. The highest BCUT2D eigenvalue weighted by Crippen LogP contribution is 2.51. The number of ether oxygens (including phenoxy) is 6. The fourth-order valence-corrected chi connectivity index (χ4v) is 3.65. The number of hydrogen-bond acceptors (Lipinski definition) is 6. The van der Waals surface area contributed by atoms with Gasteiger partial charge in [-0.05, 0) is 48.2 Å². The maximum Gasteiger partial charge on any atom is 0.231 e. The molecule has 0 N–H and O–H groups in total. The summed E-state index contributed by atoms with van der Waals surface area (Å²) < 4.78 is 34.0. The monoisotopic (exact) mass is 358 g/mol. The Hall–Kier alpha value is -2.60. The predicted octanol–water partition coefficient (Wildman–Crippen LogP) is 3.74. The smallest absolute Gasteiger partial charge is 0.231 e. The molecule has 0 aromatic heterocycles. The topological polar surface area (TPSA) is 55.4 Å². The molecule has 6 heteroatoms. The lowest BCUT2D eigenvalue weighted by Gasteiger charge is -2.26. The number of methoxy groups -OCH3 is 3. The van der Waals surface area contributed by atoms with Gasteiger partial charge < -0.3 is 28.4 Å². The van der Waals surface area contributed by atoms with Crippen molar-refractivity contribution in [2.24, 2.45) is 0 Å². The van der Waals surface area contributed by atoms with Crippen molar-refractivity contribution >= 4 is 0 Å². The zero-order valence-corrected chi connectivity index (χ0v) is 15.4. The summed E-state index contributed by atoms with van der Waals surface area (Å²) in [6.45, 7) is 2.86. The first-order chi connectivity index (χ1) is 12.7. The van der Waals surface area contributed by atoms with Crippen molar-refractivity contribution in [2.45, 2.75) is 19.4 Å². The van der Waals surface area contributed by atoms with Gasteiger partial charge in [0.25, 0.3) is 0 Å². The summed E-state index contributed by atoms with van der Waals surface area (Å²) >= 11 is 0. The molecule has 6 nitrogen and oxygen atoms in total. The molecule has 0 spiro atoms. The molecule has 2 aliphatic heterocycles. The van der Waals surface area contributed by atoms with E-state index in [0.717, 1.165) is 40.2 Å². The number of fused-ring (bicyclic) bond motifs is 4. The standard InChI is InChI=1S/C20H22O6/c1-11-13-8-15-16(26-10-25-15)9-14(13)18-12(5-6-24-11)7-17(21-2)19(22-3)20(18)23-4/h7-9,11H,5-6,10H2,1-4H3/t11-/m1/s1. The normalized spacial score (nSPS) is 17.6. The highest BCUT2D eigenvalue weighted by atomic mass is 16.7. The van der Waals surface area contributed by atoms with Crippen molar-refractivity contribution in [3.8, 4) is 39.9 Å². The van der Waals surface area contributed by atoms with E-state index < -0.39 is 0 Å². The third kappa shape index (κ3) is 2.52. The summed E-state index contributed by atoms with van der Waals surface area (Å²) in [4.78, 5) is 0. The second kappa shape index (κ2) is 6.61. The van der Waals surface area contributed by atoms with Crippen LogP contribution in [0.15, 0.2) is 18.2 Å². The molecule has 0 radical (unpaired) electrons. The Labute approximate surface area is 152 Å². The van der Waals surface area contributed by atoms with Crippen molar-refractivity contribution in [1.82, 2.24) is 0 Å². The lowest BCUT2D eigenvalue weighted by atomic mass is 9.89. The van der Waals surface area contributed by atoms with Gasteiger partial charge in [0.15, 0.2) is 23.0 Å². The molecule has 0 unspecified atom stereocenters. The van der Waals surface area contributed by atoms with Gasteiger partial charge in [0.05, 0.1) is 34.0 Å².